The summed E-state index contributed by atoms with van der Waals surface area (Å²) in [6.07, 6.45) is 0.632. The fraction of sp³-hybridized carbons (Fsp3) is 0.346. The van der Waals surface area contributed by atoms with Gasteiger partial charge in [-0.25, -0.2) is 24.9 Å². The van der Waals surface area contributed by atoms with Crippen LogP contribution in [0.1, 0.15) is 22.3 Å². The van der Waals surface area contributed by atoms with E-state index in [1.54, 1.807) is 18.8 Å². The summed E-state index contributed by atoms with van der Waals surface area (Å²) in [5.41, 5.74) is 14.0. The number of aryl methyl sites for hydroxylation is 4. The number of nitrogens with zero attached hydrogens (tertiary/aromatic N) is 5. The maximum Gasteiger partial charge on any atom is 0.330 e. The Labute approximate surface area is 219 Å². The Morgan fingerprint density at radius 2 is 1.76 bits per heavy atom. The molecule has 0 spiro atoms. The maximum atomic E-state index is 13.8. The third-order valence-electron chi connectivity index (χ3n) is 6.46. The fourth-order valence-electron chi connectivity index (χ4n) is 4.83. The number of nitro groups is 1. The summed E-state index contributed by atoms with van der Waals surface area (Å²) in [5.74, 6) is 0.852. The van der Waals surface area contributed by atoms with E-state index in [9.17, 15) is 14.9 Å². The highest BCUT2D eigenvalue weighted by atomic mass is 16.7. The van der Waals surface area contributed by atoms with Gasteiger partial charge in [-0.05, 0) is 56.0 Å². The van der Waals surface area contributed by atoms with Gasteiger partial charge in [0.2, 0.25) is 0 Å². The summed E-state index contributed by atoms with van der Waals surface area (Å²) in [7, 11) is 3.16. The number of rotatable bonds is 7. The van der Waals surface area contributed by atoms with E-state index in [2.05, 4.69) is 4.99 Å². The normalized spacial score (nSPS) is 13.1. The Morgan fingerprint density at radius 1 is 1.11 bits per heavy atom. The number of fused-ring (bicyclic) bond motifs is 3. The number of hydrazine groups is 1. The molecule has 4 rings (SSSR count). The zero-order chi connectivity index (χ0) is 27.6. The molecule has 2 heterocycles. The van der Waals surface area contributed by atoms with E-state index >= 15 is 0 Å². The van der Waals surface area contributed by atoms with Crippen LogP contribution in [0.25, 0.3) is 11.3 Å². The van der Waals surface area contributed by atoms with E-state index < -0.39 is 5.03 Å². The van der Waals surface area contributed by atoms with Crippen molar-refractivity contribution >= 4 is 11.6 Å². The summed E-state index contributed by atoms with van der Waals surface area (Å²) in [6.45, 7) is 6.62. The molecule has 200 valence electrons. The van der Waals surface area contributed by atoms with Gasteiger partial charge in [-0.3, -0.25) is 9.13 Å². The van der Waals surface area contributed by atoms with E-state index in [-0.39, 0.29) is 24.7 Å². The van der Waals surface area contributed by atoms with Gasteiger partial charge in [0, 0.05) is 24.7 Å². The summed E-state index contributed by atoms with van der Waals surface area (Å²) < 4.78 is 14.2. The number of hydrogen-bond acceptors (Lipinski definition) is 7. The predicted octanol–water partition coefficient (Wildman–Crippen LogP) is 2.14. The second-order valence-corrected chi connectivity index (χ2v) is 9.08. The molecule has 0 amide bonds. The Morgan fingerprint density at radius 3 is 2.39 bits per heavy atom. The third kappa shape index (κ3) is 5.24. The summed E-state index contributed by atoms with van der Waals surface area (Å²) in [6, 6.07) is 9.79. The van der Waals surface area contributed by atoms with Crippen LogP contribution in [-0.4, -0.2) is 40.9 Å². The van der Waals surface area contributed by atoms with Crippen LogP contribution in [0.5, 0.6) is 11.5 Å². The van der Waals surface area contributed by atoms with Gasteiger partial charge in [0.25, 0.3) is 5.96 Å². The van der Waals surface area contributed by atoms with Crippen LogP contribution in [-0.2, 0) is 19.5 Å². The van der Waals surface area contributed by atoms with Gasteiger partial charge in [-0.2, -0.15) is 0 Å². The van der Waals surface area contributed by atoms with Gasteiger partial charge in [0.1, 0.15) is 5.49 Å². The molecule has 1 aliphatic heterocycles. The van der Waals surface area contributed by atoms with Crippen LogP contribution in [0, 0.1) is 30.9 Å². The lowest BCUT2D eigenvalue weighted by Gasteiger charge is -2.24. The van der Waals surface area contributed by atoms with Gasteiger partial charge in [-0.15, -0.1) is 0 Å². The van der Waals surface area contributed by atoms with E-state index in [0.29, 0.717) is 35.6 Å². The van der Waals surface area contributed by atoms with Gasteiger partial charge < -0.3 is 15.2 Å². The lowest BCUT2D eigenvalue weighted by Crippen LogP contribution is -2.43. The van der Waals surface area contributed by atoms with Crippen LogP contribution in [0.15, 0.2) is 45.1 Å². The monoisotopic (exact) mass is 521 g/mol. The lowest BCUT2D eigenvalue weighted by atomic mass is 9.97. The summed E-state index contributed by atoms with van der Waals surface area (Å²) in [4.78, 5) is 33.3. The molecule has 1 aromatic heterocycles. The summed E-state index contributed by atoms with van der Waals surface area (Å²) >= 11 is 0. The molecule has 3 aromatic rings. The number of aliphatic imine (C=N–C) groups is 1. The van der Waals surface area contributed by atoms with E-state index in [4.69, 9.17) is 20.2 Å². The molecule has 0 atom stereocenters. The number of methoxy groups -OCH3 is 2. The van der Waals surface area contributed by atoms with Crippen molar-refractivity contribution < 1.29 is 14.5 Å². The number of hydrogen-bond donors (Lipinski definition) is 2. The first kappa shape index (κ1) is 26.5. The molecule has 2 aromatic carbocycles. The van der Waals surface area contributed by atoms with Crippen molar-refractivity contribution in [2.45, 2.75) is 40.3 Å². The second-order valence-electron chi connectivity index (χ2n) is 9.08. The van der Waals surface area contributed by atoms with Crippen LogP contribution < -0.4 is 31.8 Å². The number of nitrogens with one attached hydrogen (secondary N) is 1. The minimum atomic E-state index is -0.788. The SMILES string of the molecule is COc1cc2c(cc1OC)-c1cc(=Nc3c(C)cc(C)cc3C)n(CCN=C(N)N[N+](=O)[O-])c(=O)n1CC2. The molecule has 0 unspecified atom stereocenters. The van der Waals surface area contributed by atoms with E-state index in [1.807, 2.05) is 56.5 Å². The van der Waals surface area contributed by atoms with Crippen LogP contribution >= 0.6 is 0 Å². The van der Waals surface area contributed by atoms with Crippen molar-refractivity contribution in [1.82, 2.24) is 14.6 Å². The van der Waals surface area contributed by atoms with Crippen LogP contribution in [0.2, 0.25) is 0 Å². The second kappa shape index (κ2) is 10.8. The predicted molar refractivity (Wildman–Crippen MR) is 143 cm³/mol. The quantitative estimate of drug-likeness (QED) is 0.209. The Hall–Kier alpha value is -4.61. The molecule has 3 N–H and O–H groups in total. The van der Waals surface area contributed by atoms with Crippen molar-refractivity contribution in [2.75, 3.05) is 20.8 Å². The standard InChI is InChI=1S/C26H31N7O5/c1-15-10-16(2)24(17(3)11-15)29-23-14-20-19-13-22(38-5)21(37-4)12-18(19)6-8-31(20)26(34)32(23)9-7-28-25(27)30-33(35)36/h10-14H,6-9H2,1-5H3,(H3,27,28,30). The van der Waals surface area contributed by atoms with Crippen molar-refractivity contribution in [2.24, 2.45) is 15.7 Å². The van der Waals surface area contributed by atoms with E-state index in [0.717, 1.165) is 33.5 Å². The smallest absolute Gasteiger partial charge is 0.330 e. The summed E-state index contributed by atoms with van der Waals surface area (Å²) in [5, 5.41) is 9.84. The molecule has 12 heteroatoms. The first-order valence-electron chi connectivity index (χ1n) is 12.1. The minimum Gasteiger partial charge on any atom is -0.493 e. The third-order valence-corrected chi connectivity index (χ3v) is 6.46. The minimum absolute atomic E-state index is 0.0436. The highest BCUT2D eigenvalue weighted by Crippen LogP contribution is 2.37. The first-order valence-corrected chi connectivity index (χ1v) is 12.1. The first-order chi connectivity index (χ1) is 18.1. The largest absolute Gasteiger partial charge is 0.493 e. The molecule has 1 aliphatic rings. The fourth-order valence-corrected chi connectivity index (χ4v) is 4.83. The maximum absolute atomic E-state index is 13.8. The molecular weight excluding hydrogens is 490 g/mol. The Balaban J connectivity index is 1.93. The van der Waals surface area contributed by atoms with Crippen molar-refractivity contribution in [1.29, 1.82) is 0 Å². The molecule has 0 radical (unpaired) electrons. The molecular formula is C26H31N7O5. The van der Waals surface area contributed by atoms with Gasteiger partial charge in [0.15, 0.2) is 16.5 Å². The zero-order valence-corrected chi connectivity index (χ0v) is 22.1. The van der Waals surface area contributed by atoms with Gasteiger partial charge in [-0.1, -0.05) is 23.1 Å². The van der Waals surface area contributed by atoms with Gasteiger partial charge in [0.05, 0.1) is 32.1 Å². The Bertz CT molecular complexity index is 1550. The molecule has 12 nitrogen and oxygen atoms in total. The molecule has 0 bridgehead atoms. The number of nitrogens with two attached hydrogens (primary N) is 1. The van der Waals surface area contributed by atoms with Crippen LogP contribution in [0.3, 0.4) is 0 Å². The molecule has 0 saturated heterocycles. The average molecular weight is 522 g/mol. The highest BCUT2D eigenvalue weighted by Gasteiger charge is 2.22. The van der Waals surface area contributed by atoms with Crippen molar-refractivity contribution in [3.8, 4) is 22.8 Å². The number of aromatic nitrogens is 2. The molecule has 0 fully saturated rings. The van der Waals surface area contributed by atoms with Crippen LogP contribution in [0.4, 0.5) is 5.69 Å². The van der Waals surface area contributed by atoms with Crippen molar-refractivity contribution in [3.05, 3.63) is 78.7 Å². The lowest BCUT2D eigenvalue weighted by molar-refractivity contribution is -0.525. The average Bonchev–Trinajstić information content (AvgIpc) is 2.86. The van der Waals surface area contributed by atoms with Crippen molar-refractivity contribution in [3.63, 3.8) is 0 Å². The van der Waals surface area contributed by atoms with E-state index in [1.165, 1.54) is 4.57 Å². The molecule has 38 heavy (non-hydrogen) atoms. The topological polar surface area (TPSA) is 151 Å². The molecule has 0 saturated carbocycles. The number of guanidine groups is 1. The highest BCUT2D eigenvalue weighted by molar-refractivity contribution is 5.76. The number of ether oxygens (including phenoxy) is 2. The molecule has 0 aliphatic carbocycles. The number of benzene rings is 2. The van der Waals surface area contributed by atoms with Gasteiger partial charge >= 0.3 is 5.69 Å². The Kier molecular flexibility index (Phi) is 7.51. The zero-order valence-electron chi connectivity index (χ0n) is 22.1.